The van der Waals surface area contributed by atoms with Gasteiger partial charge in [-0.05, 0) is 29.5 Å². The molecule has 1 unspecified atom stereocenters. The van der Waals surface area contributed by atoms with Crippen LogP contribution >= 0.6 is 0 Å². The maximum atomic E-state index is 16.2. The van der Waals surface area contributed by atoms with Crippen LogP contribution in [0.4, 0.5) is 14.6 Å². The summed E-state index contributed by atoms with van der Waals surface area (Å²) >= 11 is 0. The topological polar surface area (TPSA) is 121 Å². The van der Waals surface area contributed by atoms with Crippen molar-refractivity contribution in [1.29, 1.82) is 0 Å². The van der Waals surface area contributed by atoms with Crippen LogP contribution in [-0.4, -0.2) is 63.1 Å². The zero-order valence-corrected chi connectivity index (χ0v) is 19.7. The molecule has 0 bridgehead atoms. The van der Waals surface area contributed by atoms with E-state index in [1.54, 1.807) is 0 Å². The van der Waals surface area contributed by atoms with Gasteiger partial charge in [-0.3, -0.25) is 4.98 Å². The van der Waals surface area contributed by atoms with Gasteiger partial charge in [0, 0.05) is 30.2 Å². The third-order valence-corrected chi connectivity index (χ3v) is 6.05. The fourth-order valence-corrected chi connectivity index (χ4v) is 4.52. The summed E-state index contributed by atoms with van der Waals surface area (Å²) in [6.45, 7) is 1.65. The standard InChI is InChI=1S/C26H22F2N4O5/c1-3-16-19(27)5-4-14-8-15(33)9-17(20(14)16)22-21(28)23-18(10-29-22)24(31-25(30-23)37-26(34)35)32-6-7-36-12-13(2)11-32/h1,4-5,8-10,13,26,33-35H,6-7,11-12H2,2H3. The summed E-state index contributed by atoms with van der Waals surface area (Å²) in [6.07, 6.45) is 6.92. The molecule has 37 heavy (non-hydrogen) atoms. The lowest BCUT2D eigenvalue weighted by Crippen LogP contribution is -2.30. The molecule has 2 aromatic carbocycles. The number of pyridine rings is 1. The fraction of sp³-hybridized carbons (Fsp3) is 0.269. The third-order valence-electron chi connectivity index (χ3n) is 6.05. The highest BCUT2D eigenvalue weighted by molar-refractivity contribution is 6.03. The summed E-state index contributed by atoms with van der Waals surface area (Å²) in [4.78, 5) is 14.5. The van der Waals surface area contributed by atoms with Crippen molar-refractivity contribution >= 4 is 27.5 Å². The van der Waals surface area contributed by atoms with Crippen LogP contribution in [0.5, 0.6) is 11.8 Å². The number of fused-ring (bicyclic) bond motifs is 2. The second kappa shape index (κ2) is 9.74. The first kappa shape index (κ1) is 24.6. The second-order valence-electron chi connectivity index (χ2n) is 8.74. The van der Waals surface area contributed by atoms with Crippen molar-refractivity contribution in [3.63, 3.8) is 0 Å². The zero-order valence-electron chi connectivity index (χ0n) is 19.7. The van der Waals surface area contributed by atoms with Crippen LogP contribution < -0.4 is 9.64 Å². The SMILES string of the molecule is C#Cc1c(F)ccc2cc(O)cc(-c3ncc4c(N5CCOCC(C)C5)nc(OC(O)O)nc4c3F)c12. The molecule has 0 spiro atoms. The van der Waals surface area contributed by atoms with Gasteiger partial charge in [0.15, 0.2) is 5.82 Å². The molecule has 2 aromatic heterocycles. The maximum Gasteiger partial charge on any atom is 0.323 e. The fourth-order valence-electron chi connectivity index (χ4n) is 4.52. The number of hydrogen-bond acceptors (Lipinski definition) is 9. The average Bonchev–Trinajstić information content (AvgIpc) is 3.08. The Hall–Kier alpha value is -4.11. The number of ether oxygens (including phenoxy) is 2. The number of nitrogens with zero attached hydrogens (tertiary/aromatic N) is 4. The molecule has 190 valence electrons. The van der Waals surface area contributed by atoms with Gasteiger partial charge < -0.3 is 29.7 Å². The maximum absolute atomic E-state index is 16.2. The number of terminal acetylenes is 1. The van der Waals surface area contributed by atoms with E-state index in [1.807, 2.05) is 11.8 Å². The highest BCUT2D eigenvalue weighted by Crippen LogP contribution is 2.38. The molecule has 1 aliphatic heterocycles. The number of aliphatic hydroxyl groups is 2. The lowest BCUT2D eigenvalue weighted by Gasteiger charge is -2.24. The zero-order chi connectivity index (χ0) is 26.3. The van der Waals surface area contributed by atoms with Crippen LogP contribution in [-0.2, 0) is 4.74 Å². The van der Waals surface area contributed by atoms with E-state index < -0.39 is 24.1 Å². The Kier molecular flexibility index (Phi) is 6.47. The summed E-state index contributed by atoms with van der Waals surface area (Å²) in [6, 6.07) is 4.74. The predicted octanol–water partition coefficient (Wildman–Crippen LogP) is 2.93. The van der Waals surface area contributed by atoms with Gasteiger partial charge in [0.2, 0.25) is 0 Å². The third kappa shape index (κ3) is 4.58. The molecule has 1 aliphatic rings. The number of hydrogen-bond donors (Lipinski definition) is 3. The van der Waals surface area contributed by atoms with Crippen LogP contribution in [0.1, 0.15) is 12.5 Å². The van der Waals surface area contributed by atoms with Crippen LogP contribution in [0.15, 0.2) is 30.5 Å². The Balaban J connectivity index is 1.78. The number of aromatic nitrogens is 3. The van der Waals surface area contributed by atoms with Gasteiger partial charge in [0.1, 0.15) is 28.6 Å². The van der Waals surface area contributed by atoms with Crippen molar-refractivity contribution in [2.24, 2.45) is 5.92 Å². The normalized spacial score (nSPS) is 16.2. The predicted molar refractivity (Wildman–Crippen MR) is 131 cm³/mol. The monoisotopic (exact) mass is 508 g/mol. The highest BCUT2D eigenvalue weighted by Gasteiger charge is 2.25. The summed E-state index contributed by atoms with van der Waals surface area (Å²) < 4.78 is 41.2. The molecule has 0 amide bonds. The highest BCUT2D eigenvalue weighted by atomic mass is 19.1. The van der Waals surface area contributed by atoms with E-state index in [9.17, 15) is 19.7 Å². The molecule has 9 nitrogen and oxygen atoms in total. The Bertz CT molecular complexity index is 1560. The molecule has 5 rings (SSSR count). The van der Waals surface area contributed by atoms with Gasteiger partial charge in [-0.2, -0.15) is 9.97 Å². The molecule has 11 heteroatoms. The van der Waals surface area contributed by atoms with E-state index in [-0.39, 0.29) is 50.6 Å². The van der Waals surface area contributed by atoms with Crippen molar-refractivity contribution < 1.29 is 33.6 Å². The average molecular weight is 508 g/mol. The quantitative estimate of drug-likeness (QED) is 0.282. The number of phenols is 1. The van der Waals surface area contributed by atoms with Crippen molar-refractivity contribution in [2.75, 3.05) is 31.2 Å². The molecule has 4 aromatic rings. The van der Waals surface area contributed by atoms with Gasteiger partial charge >= 0.3 is 12.5 Å². The lowest BCUT2D eigenvalue weighted by molar-refractivity contribution is -0.183. The Labute approximate surface area is 209 Å². The molecule has 0 aliphatic carbocycles. The summed E-state index contributed by atoms with van der Waals surface area (Å²) in [5.41, 5.74) is -0.520. The van der Waals surface area contributed by atoms with Crippen molar-refractivity contribution in [3.8, 4) is 35.4 Å². The number of phenolic OH excluding ortho intramolecular Hbond substituents is 1. The number of aromatic hydroxyl groups is 1. The van der Waals surface area contributed by atoms with Crippen LogP contribution in [0, 0.1) is 29.9 Å². The van der Waals surface area contributed by atoms with Crippen molar-refractivity contribution in [3.05, 3.63) is 47.7 Å². The van der Waals surface area contributed by atoms with Crippen LogP contribution in [0.2, 0.25) is 0 Å². The Morgan fingerprint density at radius 1 is 1.24 bits per heavy atom. The minimum absolute atomic E-state index is 0.0588. The van der Waals surface area contributed by atoms with Crippen LogP contribution in [0.3, 0.4) is 0 Å². The smallest absolute Gasteiger partial charge is 0.323 e. The first-order valence-corrected chi connectivity index (χ1v) is 11.4. The Morgan fingerprint density at radius 3 is 2.81 bits per heavy atom. The molecule has 3 N–H and O–H groups in total. The van der Waals surface area contributed by atoms with Crippen LogP contribution in [0.25, 0.3) is 32.9 Å². The van der Waals surface area contributed by atoms with E-state index >= 15 is 4.39 Å². The molecular weight excluding hydrogens is 486 g/mol. The molecule has 1 atom stereocenters. The van der Waals surface area contributed by atoms with Crippen molar-refractivity contribution in [2.45, 2.75) is 13.4 Å². The first-order chi connectivity index (χ1) is 17.8. The van der Waals surface area contributed by atoms with Crippen molar-refractivity contribution in [1.82, 2.24) is 15.0 Å². The Morgan fingerprint density at radius 2 is 2.05 bits per heavy atom. The van der Waals surface area contributed by atoms with Gasteiger partial charge in [-0.15, -0.1) is 6.42 Å². The number of anilines is 1. The van der Waals surface area contributed by atoms with E-state index in [2.05, 4.69) is 20.9 Å². The van der Waals surface area contributed by atoms with E-state index in [4.69, 9.17) is 15.9 Å². The summed E-state index contributed by atoms with van der Waals surface area (Å²) in [5, 5.41) is 29.8. The summed E-state index contributed by atoms with van der Waals surface area (Å²) in [5.74, 6) is 0.890. The van der Waals surface area contributed by atoms with E-state index in [1.165, 1.54) is 30.5 Å². The second-order valence-corrected chi connectivity index (χ2v) is 8.74. The van der Waals surface area contributed by atoms with Gasteiger partial charge in [-0.1, -0.05) is 18.9 Å². The largest absolute Gasteiger partial charge is 0.508 e. The molecule has 0 saturated carbocycles. The van der Waals surface area contributed by atoms with Gasteiger partial charge in [0.05, 0.1) is 24.2 Å². The van der Waals surface area contributed by atoms with E-state index in [0.29, 0.717) is 31.7 Å². The molecule has 3 heterocycles. The van der Waals surface area contributed by atoms with E-state index in [0.717, 1.165) is 0 Å². The lowest BCUT2D eigenvalue weighted by atomic mass is 9.96. The number of rotatable bonds is 4. The first-order valence-electron chi connectivity index (χ1n) is 11.4. The summed E-state index contributed by atoms with van der Waals surface area (Å²) in [7, 11) is 0. The molecule has 1 fully saturated rings. The number of aliphatic hydroxyl groups excluding tert-OH is 1. The minimum Gasteiger partial charge on any atom is -0.508 e. The minimum atomic E-state index is -2.24. The molecule has 0 radical (unpaired) electrons. The van der Waals surface area contributed by atoms with Gasteiger partial charge in [-0.25, -0.2) is 8.78 Å². The molecule has 1 saturated heterocycles. The number of benzene rings is 2. The van der Waals surface area contributed by atoms with Gasteiger partial charge in [0.25, 0.3) is 0 Å². The molecular formula is C26H22F2N4O5. The number of halogens is 2.